The van der Waals surface area contributed by atoms with Crippen molar-refractivity contribution in [3.8, 4) is 11.5 Å². The fourth-order valence-electron chi connectivity index (χ4n) is 1.34. The minimum atomic E-state index is 0.568. The summed E-state index contributed by atoms with van der Waals surface area (Å²) >= 11 is 2.18. The zero-order valence-corrected chi connectivity index (χ0v) is 12.1. The molecule has 94 valence electrons. The van der Waals surface area contributed by atoms with Gasteiger partial charge in [0.15, 0.2) is 11.5 Å². The van der Waals surface area contributed by atoms with Crippen LogP contribution in [-0.2, 0) is 0 Å². The summed E-state index contributed by atoms with van der Waals surface area (Å²) in [5.74, 6) is 1.44. The second-order valence-electron chi connectivity index (χ2n) is 3.36. The van der Waals surface area contributed by atoms with Gasteiger partial charge in [-0.05, 0) is 48.1 Å². The summed E-state index contributed by atoms with van der Waals surface area (Å²) in [4.78, 5) is 0. The van der Waals surface area contributed by atoms with E-state index in [-0.39, 0.29) is 0 Å². The van der Waals surface area contributed by atoms with Gasteiger partial charge in [0.25, 0.3) is 0 Å². The second kappa shape index (κ2) is 7.37. The molecule has 0 fully saturated rings. The Kier molecular flexibility index (Phi) is 6.10. The monoisotopic (exact) mass is 349 g/mol. The maximum absolute atomic E-state index is 8.54. The van der Waals surface area contributed by atoms with E-state index in [1.165, 1.54) is 6.21 Å². The number of hydrogen-bond donors (Lipinski definition) is 1. The van der Waals surface area contributed by atoms with E-state index in [9.17, 15) is 0 Å². The first-order chi connectivity index (χ1) is 8.22. The molecule has 1 aromatic carbocycles. The molecule has 0 aliphatic rings. The average Bonchev–Trinajstić information content (AvgIpc) is 2.29. The summed E-state index contributed by atoms with van der Waals surface area (Å²) in [5, 5.41) is 11.6. The lowest BCUT2D eigenvalue weighted by Crippen LogP contribution is -2.02. The molecule has 0 spiro atoms. The number of oxime groups is 1. The Bertz CT molecular complexity index is 394. The number of halogens is 1. The van der Waals surface area contributed by atoms with Gasteiger partial charge in [-0.25, -0.2) is 0 Å². The van der Waals surface area contributed by atoms with Crippen molar-refractivity contribution < 1.29 is 14.7 Å². The zero-order chi connectivity index (χ0) is 12.7. The van der Waals surface area contributed by atoms with Gasteiger partial charge in [-0.1, -0.05) is 12.1 Å². The van der Waals surface area contributed by atoms with E-state index in [0.717, 1.165) is 21.3 Å². The summed E-state index contributed by atoms with van der Waals surface area (Å²) in [7, 11) is 0. The zero-order valence-electron chi connectivity index (χ0n) is 9.94. The highest BCUT2D eigenvalue weighted by Crippen LogP contribution is 2.33. The van der Waals surface area contributed by atoms with Gasteiger partial charge in [0.05, 0.1) is 23.0 Å². The van der Waals surface area contributed by atoms with Crippen LogP contribution in [0.1, 0.15) is 25.8 Å². The van der Waals surface area contributed by atoms with Crippen molar-refractivity contribution in [3.05, 3.63) is 21.3 Å². The molecule has 0 aliphatic heterocycles. The predicted octanol–water partition coefficient (Wildman–Crippen LogP) is 3.29. The Morgan fingerprint density at radius 2 is 2.12 bits per heavy atom. The first-order valence-electron chi connectivity index (χ1n) is 5.49. The van der Waals surface area contributed by atoms with Gasteiger partial charge >= 0.3 is 0 Å². The molecule has 1 N–H and O–H groups in total. The lowest BCUT2D eigenvalue weighted by Gasteiger charge is -2.13. The molecule has 0 heterocycles. The lowest BCUT2D eigenvalue weighted by molar-refractivity contribution is 0.275. The van der Waals surface area contributed by atoms with Gasteiger partial charge < -0.3 is 14.7 Å². The van der Waals surface area contributed by atoms with Crippen LogP contribution in [-0.4, -0.2) is 24.6 Å². The highest BCUT2D eigenvalue weighted by molar-refractivity contribution is 14.1. The van der Waals surface area contributed by atoms with Crippen LogP contribution in [0.15, 0.2) is 17.3 Å². The largest absolute Gasteiger partial charge is 0.490 e. The summed E-state index contributed by atoms with van der Waals surface area (Å²) in [6, 6.07) is 3.68. The molecule has 0 amide bonds. The number of hydrogen-bond acceptors (Lipinski definition) is 4. The minimum absolute atomic E-state index is 0.568. The summed E-state index contributed by atoms with van der Waals surface area (Å²) in [6.45, 7) is 5.20. The SMILES string of the molecule is CCCOc1c(I)cc(/C=N/O)cc1OCC. The molecule has 0 bridgehead atoms. The van der Waals surface area contributed by atoms with Gasteiger partial charge in [-0.3, -0.25) is 0 Å². The summed E-state index contributed by atoms with van der Waals surface area (Å²) in [5.41, 5.74) is 0.782. The first-order valence-corrected chi connectivity index (χ1v) is 6.57. The van der Waals surface area contributed by atoms with E-state index in [0.29, 0.717) is 19.0 Å². The normalized spacial score (nSPS) is 10.8. The van der Waals surface area contributed by atoms with E-state index in [4.69, 9.17) is 14.7 Å². The number of ether oxygens (including phenoxy) is 2. The van der Waals surface area contributed by atoms with Crippen molar-refractivity contribution in [3.63, 3.8) is 0 Å². The topological polar surface area (TPSA) is 51.0 Å². The van der Waals surface area contributed by atoms with Crippen LogP contribution in [0.4, 0.5) is 0 Å². The van der Waals surface area contributed by atoms with Gasteiger partial charge in [0.2, 0.25) is 0 Å². The van der Waals surface area contributed by atoms with Crippen LogP contribution >= 0.6 is 22.6 Å². The van der Waals surface area contributed by atoms with Gasteiger partial charge in [-0.2, -0.15) is 0 Å². The molecule has 0 aromatic heterocycles. The van der Waals surface area contributed by atoms with Crippen LogP contribution in [0.3, 0.4) is 0 Å². The van der Waals surface area contributed by atoms with Crippen molar-refractivity contribution in [1.29, 1.82) is 0 Å². The van der Waals surface area contributed by atoms with Crippen molar-refractivity contribution in [1.82, 2.24) is 0 Å². The minimum Gasteiger partial charge on any atom is -0.490 e. The molecule has 0 saturated heterocycles. The maximum Gasteiger partial charge on any atom is 0.174 e. The standard InChI is InChI=1S/C12H16INO3/c1-3-5-17-12-10(13)6-9(8-14-15)7-11(12)16-4-2/h6-8,15H,3-5H2,1-2H3/b14-8+. The molecule has 0 saturated carbocycles. The summed E-state index contributed by atoms with van der Waals surface area (Å²) in [6.07, 6.45) is 2.32. The molecule has 4 nitrogen and oxygen atoms in total. The Balaban J connectivity index is 3.08. The van der Waals surface area contributed by atoms with E-state index >= 15 is 0 Å². The van der Waals surface area contributed by atoms with E-state index < -0.39 is 0 Å². The highest BCUT2D eigenvalue weighted by atomic mass is 127. The van der Waals surface area contributed by atoms with E-state index in [1.54, 1.807) is 6.07 Å². The van der Waals surface area contributed by atoms with Crippen molar-refractivity contribution in [2.45, 2.75) is 20.3 Å². The highest BCUT2D eigenvalue weighted by Gasteiger charge is 2.11. The first kappa shape index (κ1) is 14.1. The van der Waals surface area contributed by atoms with Crippen molar-refractivity contribution in [2.24, 2.45) is 5.16 Å². The Morgan fingerprint density at radius 3 is 2.71 bits per heavy atom. The molecule has 0 unspecified atom stereocenters. The lowest BCUT2D eigenvalue weighted by atomic mass is 10.2. The van der Waals surface area contributed by atoms with Gasteiger partial charge in [0, 0.05) is 5.56 Å². The molecule has 5 heteroatoms. The molecule has 1 aromatic rings. The molecule has 17 heavy (non-hydrogen) atoms. The van der Waals surface area contributed by atoms with Crippen LogP contribution in [0.25, 0.3) is 0 Å². The van der Waals surface area contributed by atoms with Crippen LogP contribution in [0.5, 0.6) is 11.5 Å². The van der Waals surface area contributed by atoms with Crippen LogP contribution in [0, 0.1) is 3.57 Å². The Hall–Kier alpha value is -0.980. The molecule has 0 radical (unpaired) electrons. The fourth-order valence-corrected chi connectivity index (χ4v) is 2.12. The van der Waals surface area contributed by atoms with Crippen LogP contribution < -0.4 is 9.47 Å². The number of benzene rings is 1. The van der Waals surface area contributed by atoms with Gasteiger partial charge in [-0.15, -0.1) is 0 Å². The fraction of sp³-hybridized carbons (Fsp3) is 0.417. The average molecular weight is 349 g/mol. The Labute approximate surface area is 115 Å². The number of nitrogens with zero attached hydrogens (tertiary/aromatic N) is 1. The summed E-state index contributed by atoms with van der Waals surface area (Å²) < 4.78 is 12.1. The van der Waals surface area contributed by atoms with Gasteiger partial charge in [0.1, 0.15) is 0 Å². The smallest absolute Gasteiger partial charge is 0.174 e. The number of rotatable bonds is 6. The van der Waals surface area contributed by atoms with Crippen LogP contribution in [0.2, 0.25) is 0 Å². The molecule has 0 aliphatic carbocycles. The molecular formula is C12H16INO3. The molecule has 0 atom stereocenters. The Morgan fingerprint density at radius 1 is 1.35 bits per heavy atom. The molecular weight excluding hydrogens is 333 g/mol. The quantitative estimate of drug-likeness (QED) is 0.371. The van der Waals surface area contributed by atoms with Crippen molar-refractivity contribution in [2.75, 3.05) is 13.2 Å². The predicted molar refractivity (Wildman–Crippen MR) is 75.5 cm³/mol. The van der Waals surface area contributed by atoms with E-state index in [2.05, 4.69) is 34.7 Å². The maximum atomic E-state index is 8.54. The second-order valence-corrected chi connectivity index (χ2v) is 4.52. The van der Waals surface area contributed by atoms with E-state index in [1.807, 2.05) is 13.0 Å². The third-order valence-corrected chi connectivity index (χ3v) is 2.79. The third-order valence-electron chi connectivity index (χ3n) is 1.99. The van der Waals surface area contributed by atoms with Crippen molar-refractivity contribution >= 4 is 28.8 Å². The third kappa shape index (κ3) is 4.07. The molecule has 1 rings (SSSR count).